The van der Waals surface area contributed by atoms with Crippen LogP contribution in [0.5, 0.6) is 0 Å². The zero-order valence-corrected chi connectivity index (χ0v) is 12.0. The van der Waals surface area contributed by atoms with Gasteiger partial charge >= 0.3 is 11.9 Å². The van der Waals surface area contributed by atoms with Crippen LogP contribution in [0.3, 0.4) is 0 Å². The molecule has 114 valence electrons. The van der Waals surface area contributed by atoms with Crippen LogP contribution in [0.15, 0.2) is 12.3 Å². The molecular weight excluding hydrogens is 274 g/mol. The molecule has 0 saturated carbocycles. The second-order valence-corrected chi connectivity index (χ2v) is 5.12. The molecule has 1 aliphatic heterocycles. The summed E-state index contributed by atoms with van der Waals surface area (Å²) in [4.78, 5) is 32.3. The molecule has 1 unspecified atom stereocenters. The van der Waals surface area contributed by atoms with E-state index in [4.69, 9.17) is 5.11 Å². The highest BCUT2D eigenvalue weighted by molar-refractivity contribution is 5.85. The molecule has 0 aliphatic carbocycles. The van der Waals surface area contributed by atoms with Crippen molar-refractivity contribution in [1.82, 2.24) is 9.97 Å². The van der Waals surface area contributed by atoms with Gasteiger partial charge in [-0.3, -0.25) is 4.79 Å². The predicted octanol–water partition coefficient (Wildman–Crippen LogP) is 1.34. The molecule has 0 aromatic carbocycles. The molecule has 0 bridgehead atoms. The summed E-state index contributed by atoms with van der Waals surface area (Å²) < 4.78 is 4.62. The number of carbonyl (C=O) groups excluding carboxylic acids is 1. The largest absolute Gasteiger partial charge is 0.481 e. The van der Waals surface area contributed by atoms with Gasteiger partial charge in [0.25, 0.3) is 0 Å². The van der Waals surface area contributed by atoms with Crippen LogP contribution in [-0.2, 0) is 9.53 Å². The van der Waals surface area contributed by atoms with Crippen LogP contribution in [0.2, 0.25) is 0 Å². The maximum absolute atomic E-state index is 11.5. The minimum Gasteiger partial charge on any atom is -0.481 e. The average molecular weight is 293 g/mol. The highest BCUT2D eigenvalue weighted by Gasteiger charge is 2.22. The standard InChI is InChI=1S/C14H19N3O4/c1-21-14(20)13-15-7-6-11(16-13)17-8-2-3-10(9-17)4-5-12(18)19/h6-7,10H,2-5,8-9H2,1H3,(H,18,19). The van der Waals surface area contributed by atoms with Crippen LogP contribution >= 0.6 is 0 Å². The van der Waals surface area contributed by atoms with Crippen LogP contribution in [0, 0.1) is 5.92 Å². The summed E-state index contributed by atoms with van der Waals surface area (Å²) in [6.07, 6.45) is 4.41. The Labute approximate surface area is 123 Å². The highest BCUT2D eigenvalue weighted by Crippen LogP contribution is 2.24. The van der Waals surface area contributed by atoms with Crippen LogP contribution in [-0.4, -0.2) is 47.2 Å². The molecule has 2 heterocycles. The first-order chi connectivity index (χ1) is 10.1. The Morgan fingerprint density at radius 3 is 3.05 bits per heavy atom. The van der Waals surface area contributed by atoms with Crippen molar-refractivity contribution in [3.63, 3.8) is 0 Å². The Balaban J connectivity index is 2.03. The Hall–Kier alpha value is -2.18. The number of piperidine rings is 1. The summed E-state index contributed by atoms with van der Waals surface area (Å²) in [6.45, 7) is 1.60. The van der Waals surface area contributed by atoms with Gasteiger partial charge in [0, 0.05) is 25.7 Å². The van der Waals surface area contributed by atoms with Crippen molar-refractivity contribution in [2.24, 2.45) is 5.92 Å². The quantitative estimate of drug-likeness (QED) is 0.819. The normalized spacial score (nSPS) is 18.3. The van der Waals surface area contributed by atoms with E-state index in [-0.39, 0.29) is 12.2 Å². The van der Waals surface area contributed by atoms with Gasteiger partial charge in [-0.25, -0.2) is 14.8 Å². The number of hydrogen-bond acceptors (Lipinski definition) is 6. The second kappa shape index (κ2) is 7.01. The van der Waals surface area contributed by atoms with E-state index < -0.39 is 11.9 Å². The van der Waals surface area contributed by atoms with E-state index >= 15 is 0 Å². The van der Waals surface area contributed by atoms with Crippen molar-refractivity contribution in [2.75, 3.05) is 25.1 Å². The van der Waals surface area contributed by atoms with E-state index in [1.54, 1.807) is 6.07 Å². The average Bonchev–Trinajstić information content (AvgIpc) is 2.52. The molecule has 0 amide bonds. The number of carboxylic acid groups (broad SMARTS) is 1. The number of rotatable bonds is 5. The fourth-order valence-corrected chi connectivity index (χ4v) is 2.55. The first kappa shape index (κ1) is 15.2. The number of aromatic nitrogens is 2. The molecule has 7 heteroatoms. The monoisotopic (exact) mass is 293 g/mol. The molecule has 1 atom stereocenters. The maximum atomic E-state index is 11.5. The fourth-order valence-electron chi connectivity index (χ4n) is 2.55. The molecule has 21 heavy (non-hydrogen) atoms. The van der Waals surface area contributed by atoms with Gasteiger partial charge in [-0.2, -0.15) is 0 Å². The molecule has 1 aliphatic rings. The summed E-state index contributed by atoms with van der Waals surface area (Å²) in [5.41, 5.74) is 0. The van der Waals surface area contributed by atoms with E-state index in [1.165, 1.54) is 13.3 Å². The third kappa shape index (κ3) is 4.14. The topological polar surface area (TPSA) is 92.6 Å². The van der Waals surface area contributed by atoms with Crippen molar-refractivity contribution in [2.45, 2.75) is 25.7 Å². The van der Waals surface area contributed by atoms with Crippen molar-refractivity contribution < 1.29 is 19.4 Å². The minimum absolute atomic E-state index is 0.0441. The van der Waals surface area contributed by atoms with Gasteiger partial charge in [-0.05, 0) is 31.2 Å². The number of nitrogens with zero attached hydrogens (tertiary/aromatic N) is 3. The number of hydrogen-bond donors (Lipinski definition) is 1. The summed E-state index contributed by atoms with van der Waals surface area (Å²) in [7, 11) is 1.29. The molecule has 1 fully saturated rings. The SMILES string of the molecule is COC(=O)c1nccc(N2CCCC(CCC(=O)O)C2)n1. The van der Waals surface area contributed by atoms with Crippen molar-refractivity contribution >= 4 is 17.8 Å². The molecule has 1 aromatic heterocycles. The van der Waals surface area contributed by atoms with Gasteiger partial charge in [0.05, 0.1) is 7.11 Å². The highest BCUT2D eigenvalue weighted by atomic mass is 16.5. The van der Waals surface area contributed by atoms with Gasteiger partial charge in [-0.15, -0.1) is 0 Å². The lowest BCUT2D eigenvalue weighted by Crippen LogP contribution is -2.36. The third-order valence-electron chi connectivity index (χ3n) is 3.62. The second-order valence-electron chi connectivity index (χ2n) is 5.12. The number of carbonyl (C=O) groups is 2. The number of esters is 1. The summed E-state index contributed by atoms with van der Waals surface area (Å²) in [5, 5.41) is 8.77. The molecule has 1 saturated heterocycles. The van der Waals surface area contributed by atoms with Gasteiger partial charge in [0.1, 0.15) is 5.82 Å². The molecule has 0 radical (unpaired) electrons. The molecular formula is C14H19N3O4. The van der Waals surface area contributed by atoms with Crippen molar-refractivity contribution in [3.05, 3.63) is 18.1 Å². The third-order valence-corrected chi connectivity index (χ3v) is 3.62. The summed E-state index contributed by atoms with van der Waals surface area (Å²) >= 11 is 0. The number of methoxy groups -OCH3 is 1. The summed E-state index contributed by atoms with van der Waals surface area (Å²) in [5.74, 6) is -0.252. The van der Waals surface area contributed by atoms with Gasteiger partial charge in [-0.1, -0.05) is 0 Å². The molecule has 0 spiro atoms. The van der Waals surface area contributed by atoms with Crippen molar-refractivity contribution in [1.29, 1.82) is 0 Å². The van der Waals surface area contributed by atoms with Crippen LogP contribution in [0.1, 0.15) is 36.3 Å². The van der Waals surface area contributed by atoms with Gasteiger partial charge in [0.2, 0.25) is 5.82 Å². The molecule has 7 nitrogen and oxygen atoms in total. The van der Waals surface area contributed by atoms with E-state index in [9.17, 15) is 9.59 Å². The first-order valence-electron chi connectivity index (χ1n) is 6.98. The lowest BCUT2D eigenvalue weighted by Gasteiger charge is -2.33. The summed E-state index contributed by atoms with van der Waals surface area (Å²) in [6, 6.07) is 1.76. The van der Waals surface area contributed by atoms with E-state index in [0.29, 0.717) is 18.2 Å². The number of aliphatic carboxylic acids is 1. The first-order valence-corrected chi connectivity index (χ1v) is 6.98. The van der Waals surface area contributed by atoms with Gasteiger partial charge in [0.15, 0.2) is 0 Å². The lowest BCUT2D eigenvalue weighted by molar-refractivity contribution is -0.137. The van der Waals surface area contributed by atoms with E-state index in [2.05, 4.69) is 19.6 Å². The van der Waals surface area contributed by atoms with E-state index in [0.717, 1.165) is 25.9 Å². The Morgan fingerprint density at radius 2 is 2.33 bits per heavy atom. The molecule has 1 aromatic rings. The predicted molar refractivity (Wildman–Crippen MR) is 75.2 cm³/mol. The van der Waals surface area contributed by atoms with Gasteiger partial charge < -0.3 is 14.7 Å². The molecule has 1 N–H and O–H groups in total. The van der Waals surface area contributed by atoms with Crippen molar-refractivity contribution in [3.8, 4) is 0 Å². The zero-order valence-electron chi connectivity index (χ0n) is 12.0. The van der Waals surface area contributed by atoms with Crippen LogP contribution in [0.25, 0.3) is 0 Å². The fraction of sp³-hybridized carbons (Fsp3) is 0.571. The maximum Gasteiger partial charge on any atom is 0.376 e. The lowest BCUT2D eigenvalue weighted by atomic mass is 9.93. The zero-order chi connectivity index (χ0) is 15.2. The van der Waals surface area contributed by atoms with E-state index in [1.807, 2.05) is 0 Å². The number of carboxylic acids is 1. The number of ether oxygens (including phenoxy) is 1. The smallest absolute Gasteiger partial charge is 0.376 e. The van der Waals surface area contributed by atoms with Crippen LogP contribution < -0.4 is 4.90 Å². The molecule has 2 rings (SSSR count). The Bertz CT molecular complexity index is 521. The Kier molecular flexibility index (Phi) is 5.08. The minimum atomic E-state index is -0.762. The number of anilines is 1. The Morgan fingerprint density at radius 1 is 1.52 bits per heavy atom. The van der Waals surface area contributed by atoms with Crippen LogP contribution in [0.4, 0.5) is 5.82 Å².